The Balaban J connectivity index is 1.34. The van der Waals surface area contributed by atoms with Crippen molar-refractivity contribution < 1.29 is 14.3 Å². The van der Waals surface area contributed by atoms with E-state index >= 15 is 0 Å². The second-order valence-electron chi connectivity index (χ2n) is 9.61. The smallest absolute Gasteiger partial charge is 0.260 e. The molecular formula is C27H31N7O3S. The molecule has 0 aliphatic carbocycles. The topological polar surface area (TPSA) is 114 Å². The fraction of sp³-hybridized carbons (Fsp3) is 0.370. The molecule has 2 amide bonds. The molecule has 10 nitrogen and oxygen atoms in total. The number of aromatic nitrogens is 4. The van der Waals surface area contributed by atoms with Crippen LogP contribution in [0.5, 0.6) is 5.88 Å². The van der Waals surface area contributed by atoms with Gasteiger partial charge in [0.2, 0.25) is 11.8 Å². The summed E-state index contributed by atoms with van der Waals surface area (Å²) in [5, 5.41) is 10.3. The molecule has 4 aromatic heterocycles. The summed E-state index contributed by atoms with van der Waals surface area (Å²) < 4.78 is 7.06. The predicted molar refractivity (Wildman–Crippen MR) is 148 cm³/mol. The number of hydrogen-bond donors (Lipinski definition) is 2. The molecule has 38 heavy (non-hydrogen) atoms. The fourth-order valence-electron chi connectivity index (χ4n) is 4.80. The Labute approximate surface area is 225 Å². The number of rotatable bonds is 7. The van der Waals surface area contributed by atoms with Crippen molar-refractivity contribution in [3.05, 3.63) is 54.2 Å². The van der Waals surface area contributed by atoms with E-state index in [9.17, 15) is 9.59 Å². The molecule has 0 saturated carbocycles. The van der Waals surface area contributed by atoms with E-state index in [4.69, 9.17) is 4.74 Å². The van der Waals surface area contributed by atoms with Crippen molar-refractivity contribution in [1.82, 2.24) is 24.5 Å². The molecule has 4 aromatic rings. The second-order valence-corrected chi connectivity index (χ2v) is 10.6. The number of methoxy groups -OCH3 is 1. The van der Waals surface area contributed by atoms with Gasteiger partial charge in [-0.05, 0) is 58.4 Å². The summed E-state index contributed by atoms with van der Waals surface area (Å²) in [6, 6.07) is 5.63. The maximum atomic E-state index is 13.3. The lowest BCUT2D eigenvalue weighted by Crippen LogP contribution is -2.50. The third kappa shape index (κ3) is 5.11. The minimum Gasteiger partial charge on any atom is -0.481 e. The number of piperidine rings is 1. The standard InChI is InChI=1S/C27H31N7O3S/c1-16(2)33-11-6-5-9-22(33)25(36)31-18-12-21(17(3)29-13-18)32-24(35)20-14-30-34-15-23(38-27(20)34)19-8-7-10-28-26(19)37-4/h7-8,10,12-16,22H,5-6,9,11H2,1-4H3,(H,31,36)(H,32,35). The first-order chi connectivity index (χ1) is 18.4. The number of pyridine rings is 2. The lowest BCUT2D eigenvalue weighted by atomic mass is 9.99. The summed E-state index contributed by atoms with van der Waals surface area (Å²) in [7, 11) is 1.58. The lowest BCUT2D eigenvalue weighted by molar-refractivity contribution is -0.123. The Morgan fingerprint density at radius 3 is 2.82 bits per heavy atom. The van der Waals surface area contributed by atoms with Crippen LogP contribution in [0.4, 0.5) is 11.4 Å². The highest BCUT2D eigenvalue weighted by atomic mass is 32.1. The van der Waals surface area contributed by atoms with Gasteiger partial charge in [-0.25, -0.2) is 9.50 Å². The number of nitrogens with one attached hydrogen (secondary N) is 2. The first-order valence-electron chi connectivity index (χ1n) is 12.7. The normalized spacial score (nSPS) is 16.1. The van der Waals surface area contributed by atoms with Crippen molar-refractivity contribution in [2.24, 2.45) is 0 Å². The predicted octanol–water partition coefficient (Wildman–Crippen LogP) is 4.62. The van der Waals surface area contributed by atoms with Gasteiger partial charge in [0.25, 0.3) is 5.91 Å². The summed E-state index contributed by atoms with van der Waals surface area (Å²) in [4.78, 5) is 38.9. The van der Waals surface area contributed by atoms with Gasteiger partial charge in [-0.3, -0.25) is 19.5 Å². The van der Waals surface area contributed by atoms with E-state index in [1.165, 1.54) is 11.3 Å². The van der Waals surface area contributed by atoms with E-state index < -0.39 is 0 Å². The van der Waals surface area contributed by atoms with Gasteiger partial charge in [0.05, 0.1) is 58.6 Å². The van der Waals surface area contributed by atoms with Gasteiger partial charge in [-0.15, -0.1) is 11.3 Å². The van der Waals surface area contributed by atoms with Gasteiger partial charge in [0.1, 0.15) is 4.83 Å². The molecule has 198 valence electrons. The molecule has 1 fully saturated rings. The Kier molecular flexibility index (Phi) is 7.39. The van der Waals surface area contributed by atoms with E-state index in [1.54, 1.807) is 36.3 Å². The first-order valence-corrected chi connectivity index (χ1v) is 13.5. The van der Waals surface area contributed by atoms with Crippen LogP contribution in [0.15, 0.2) is 43.0 Å². The highest BCUT2D eigenvalue weighted by Crippen LogP contribution is 2.35. The average molecular weight is 534 g/mol. The molecule has 11 heteroatoms. The summed E-state index contributed by atoms with van der Waals surface area (Å²) in [6.07, 6.45) is 9.66. The number of likely N-dealkylation sites (tertiary alicyclic amines) is 1. The van der Waals surface area contributed by atoms with Gasteiger partial charge in [-0.1, -0.05) is 6.42 Å². The lowest BCUT2D eigenvalue weighted by Gasteiger charge is -2.37. The minimum atomic E-state index is -0.307. The largest absolute Gasteiger partial charge is 0.481 e. The molecule has 1 saturated heterocycles. The number of carbonyl (C=O) groups excluding carboxylic acids is 2. The number of thiazole rings is 1. The zero-order valence-corrected chi connectivity index (χ0v) is 22.7. The van der Waals surface area contributed by atoms with Gasteiger partial charge >= 0.3 is 0 Å². The van der Waals surface area contributed by atoms with Crippen LogP contribution in [-0.4, -0.2) is 62.0 Å². The highest BCUT2D eigenvalue weighted by molar-refractivity contribution is 7.21. The van der Waals surface area contributed by atoms with Crippen molar-refractivity contribution in [2.45, 2.75) is 52.1 Å². The number of ether oxygens (including phenoxy) is 1. The molecule has 0 aromatic carbocycles. The van der Waals surface area contributed by atoms with Crippen molar-refractivity contribution in [1.29, 1.82) is 0 Å². The van der Waals surface area contributed by atoms with E-state index in [2.05, 4.69) is 44.4 Å². The van der Waals surface area contributed by atoms with Crippen LogP contribution in [0.25, 0.3) is 15.3 Å². The maximum absolute atomic E-state index is 13.3. The van der Waals surface area contributed by atoms with Gasteiger partial charge < -0.3 is 15.4 Å². The number of amides is 2. The van der Waals surface area contributed by atoms with Crippen molar-refractivity contribution in [2.75, 3.05) is 24.3 Å². The van der Waals surface area contributed by atoms with E-state index in [0.29, 0.717) is 39.4 Å². The van der Waals surface area contributed by atoms with Crippen LogP contribution in [0.1, 0.15) is 49.2 Å². The van der Waals surface area contributed by atoms with E-state index in [0.717, 1.165) is 36.2 Å². The van der Waals surface area contributed by atoms with Gasteiger partial charge in [-0.2, -0.15) is 5.10 Å². The summed E-state index contributed by atoms with van der Waals surface area (Å²) >= 11 is 1.43. The Morgan fingerprint density at radius 1 is 1.18 bits per heavy atom. The van der Waals surface area contributed by atoms with Crippen molar-refractivity contribution in [3.63, 3.8) is 0 Å². The molecule has 2 N–H and O–H groups in total. The second kappa shape index (κ2) is 10.9. The molecule has 0 spiro atoms. The quantitative estimate of drug-likeness (QED) is 0.356. The Morgan fingerprint density at radius 2 is 2.03 bits per heavy atom. The molecular weight excluding hydrogens is 502 g/mol. The van der Waals surface area contributed by atoms with Crippen molar-refractivity contribution >= 4 is 39.4 Å². The highest BCUT2D eigenvalue weighted by Gasteiger charge is 2.30. The first kappa shape index (κ1) is 25.8. The van der Waals surface area contributed by atoms with Crippen LogP contribution in [0, 0.1) is 6.92 Å². The van der Waals surface area contributed by atoms with Gasteiger partial charge in [0, 0.05) is 18.4 Å². The third-order valence-corrected chi connectivity index (χ3v) is 7.93. The minimum absolute atomic E-state index is 0.0448. The molecule has 1 aliphatic rings. The zero-order chi connectivity index (χ0) is 26.8. The number of nitrogens with zero attached hydrogens (tertiary/aromatic N) is 5. The monoisotopic (exact) mass is 533 g/mol. The zero-order valence-electron chi connectivity index (χ0n) is 21.9. The molecule has 1 atom stereocenters. The molecule has 1 unspecified atom stereocenters. The third-order valence-electron chi connectivity index (χ3n) is 6.78. The van der Waals surface area contributed by atoms with Crippen LogP contribution < -0.4 is 15.4 Å². The number of anilines is 2. The molecule has 1 aliphatic heterocycles. The Hall–Kier alpha value is -3.83. The average Bonchev–Trinajstić information content (AvgIpc) is 3.51. The molecule has 5 rings (SSSR count). The maximum Gasteiger partial charge on any atom is 0.260 e. The van der Waals surface area contributed by atoms with Crippen LogP contribution in [0.3, 0.4) is 0 Å². The van der Waals surface area contributed by atoms with E-state index in [1.807, 2.05) is 25.3 Å². The molecule has 0 bridgehead atoms. The SMILES string of the molecule is COc1ncccc1-c1cn2ncc(C(=O)Nc3cc(NC(=O)C4CCCCN4C(C)C)cnc3C)c2s1. The van der Waals surface area contributed by atoms with Crippen LogP contribution >= 0.6 is 11.3 Å². The van der Waals surface area contributed by atoms with Gasteiger partial charge in [0.15, 0.2) is 0 Å². The Bertz CT molecular complexity index is 1480. The summed E-state index contributed by atoms with van der Waals surface area (Å²) in [5.41, 5.74) is 2.99. The number of fused-ring (bicyclic) bond motifs is 1. The number of carbonyl (C=O) groups is 2. The van der Waals surface area contributed by atoms with Crippen molar-refractivity contribution in [3.8, 4) is 16.3 Å². The molecule has 5 heterocycles. The van der Waals surface area contributed by atoms with E-state index in [-0.39, 0.29) is 17.9 Å². The summed E-state index contributed by atoms with van der Waals surface area (Å²) in [6.45, 7) is 6.96. The number of hydrogen-bond acceptors (Lipinski definition) is 8. The number of aryl methyl sites for hydroxylation is 1. The summed E-state index contributed by atoms with van der Waals surface area (Å²) in [5.74, 6) is 0.156. The van der Waals surface area contributed by atoms with Crippen LogP contribution in [-0.2, 0) is 4.79 Å². The molecule has 0 radical (unpaired) electrons. The fourth-order valence-corrected chi connectivity index (χ4v) is 5.88. The van der Waals surface area contributed by atoms with Crippen LogP contribution in [0.2, 0.25) is 0 Å².